The van der Waals surface area contributed by atoms with Crippen LogP contribution in [0.5, 0.6) is 0 Å². The van der Waals surface area contributed by atoms with Gasteiger partial charge in [0.05, 0.1) is 38.3 Å². The molecule has 21 heteroatoms. The molecule has 0 saturated heterocycles. The summed E-state index contributed by atoms with van der Waals surface area (Å²) in [4.78, 5) is 28.4. The number of thiazole rings is 3. The molecule has 0 atom stereocenters. The molecular formula is C18H21B2F8FeN7S3. The molecule has 0 N–H and O–H groups in total. The van der Waals surface area contributed by atoms with Crippen LogP contribution in [-0.4, -0.2) is 92.3 Å². The van der Waals surface area contributed by atoms with Crippen molar-refractivity contribution in [1.29, 1.82) is 0 Å². The quantitative estimate of drug-likeness (QED) is 0.144. The van der Waals surface area contributed by atoms with Crippen molar-refractivity contribution in [3.63, 3.8) is 0 Å². The first-order valence-electron chi connectivity index (χ1n) is 10.5. The molecule has 0 fully saturated rings. The topological polar surface area (TPSA) is 79.0 Å². The van der Waals surface area contributed by atoms with Gasteiger partial charge in [0.2, 0.25) is 0 Å². The third-order valence-electron chi connectivity index (χ3n) is 3.60. The fourth-order valence-corrected chi connectivity index (χ4v) is 3.81. The number of aliphatic imine (C=N–C) groups is 3. The second-order valence-electron chi connectivity index (χ2n) is 6.55. The Morgan fingerprint density at radius 3 is 1.05 bits per heavy atom. The molecule has 39 heavy (non-hydrogen) atoms. The number of nitrogens with zero attached hydrogens (tertiary/aromatic N) is 7. The van der Waals surface area contributed by atoms with Gasteiger partial charge in [0.25, 0.3) is 0 Å². The van der Waals surface area contributed by atoms with Crippen LogP contribution in [0.4, 0.5) is 34.5 Å². The second kappa shape index (κ2) is 20.8. The monoisotopic (exact) mass is 661 g/mol. The predicted octanol–water partition coefficient (Wildman–Crippen LogP) is 5.61. The van der Waals surface area contributed by atoms with E-state index < -0.39 is 14.5 Å². The van der Waals surface area contributed by atoms with Crippen LogP contribution in [0.25, 0.3) is 0 Å². The van der Waals surface area contributed by atoms with Crippen LogP contribution in [0.1, 0.15) is 15.0 Å². The molecule has 0 aliphatic carbocycles. The summed E-state index contributed by atoms with van der Waals surface area (Å²) in [5, 5.41) is 8.67. The number of aromatic nitrogens is 3. The van der Waals surface area contributed by atoms with Crippen LogP contribution in [0, 0.1) is 0 Å². The smallest absolute Gasteiger partial charge is 0.418 e. The van der Waals surface area contributed by atoms with Crippen LogP contribution in [0.2, 0.25) is 0 Å². The van der Waals surface area contributed by atoms with Gasteiger partial charge in [-0.15, -0.1) is 34.0 Å². The van der Waals surface area contributed by atoms with E-state index in [-0.39, 0.29) is 17.1 Å². The SMILES string of the molecule is C(=NCCN(CCN=Cc1nccs1)CCN=Cc1nccs1)c1nccs1.F[B-](F)(F)F.F[B-](F)(F)F.[Fe+2]. The summed E-state index contributed by atoms with van der Waals surface area (Å²) in [5.41, 5.74) is 0. The fraction of sp³-hybridized carbons (Fsp3) is 0.333. The minimum Gasteiger partial charge on any atom is -0.418 e. The van der Waals surface area contributed by atoms with Gasteiger partial charge < -0.3 is 34.5 Å². The molecule has 0 spiro atoms. The molecule has 0 unspecified atom stereocenters. The summed E-state index contributed by atoms with van der Waals surface area (Å²) in [5.74, 6) is 0. The van der Waals surface area contributed by atoms with E-state index in [1.165, 1.54) is 0 Å². The van der Waals surface area contributed by atoms with Crippen molar-refractivity contribution in [2.45, 2.75) is 0 Å². The van der Waals surface area contributed by atoms with Gasteiger partial charge in [-0.05, 0) is 0 Å². The average molecular weight is 661 g/mol. The molecule has 0 radical (unpaired) electrons. The van der Waals surface area contributed by atoms with Gasteiger partial charge in [-0.25, -0.2) is 15.0 Å². The number of halogens is 8. The summed E-state index contributed by atoms with van der Waals surface area (Å²) >= 11 is 4.77. The predicted molar refractivity (Wildman–Crippen MR) is 141 cm³/mol. The van der Waals surface area contributed by atoms with Gasteiger partial charge in [0.1, 0.15) is 15.0 Å². The first-order valence-corrected chi connectivity index (χ1v) is 13.2. The first-order chi connectivity index (χ1) is 17.9. The maximum atomic E-state index is 9.75. The zero-order valence-electron chi connectivity index (χ0n) is 19.8. The van der Waals surface area contributed by atoms with Crippen molar-refractivity contribution in [2.75, 3.05) is 39.3 Å². The van der Waals surface area contributed by atoms with Crippen molar-refractivity contribution >= 4 is 67.2 Å². The zero-order chi connectivity index (χ0) is 28.3. The van der Waals surface area contributed by atoms with Crippen molar-refractivity contribution in [2.24, 2.45) is 15.0 Å². The average Bonchev–Trinajstić information content (AvgIpc) is 3.58. The van der Waals surface area contributed by atoms with E-state index >= 15 is 0 Å². The third kappa shape index (κ3) is 26.0. The molecule has 0 aromatic carbocycles. The van der Waals surface area contributed by atoms with Crippen LogP contribution in [0.3, 0.4) is 0 Å². The summed E-state index contributed by atoms with van der Waals surface area (Å²) in [6.45, 7) is 4.77. The maximum absolute atomic E-state index is 9.75. The van der Waals surface area contributed by atoms with Gasteiger partial charge in [-0.3, -0.25) is 19.9 Å². The molecule has 0 bridgehead atoms. The van der Waals surface area contributed by atoms with Crippen molar-refractivity contribution in [3.8, 4) is 0 Å². The molecular weight excluding hydrogens is 640 g/mol. The van der Waals surface area contributed by atoms with Gasteiger partial charge >= 0.3 is 31.6 Å². The van der Waals surface area contributed by atoms with Gasteiger partial charge in [0.15, 0.2) is 0 Å². The van der Waals surface area contributed by atoms with Crippen molar-refractivity contribution in [1.82, 2.24) is 19.9 Å². The summed E-state index contributed by atoms with van der Waals surface area (Å²) in [6.07, 6.45) is 10.9. The molecule has 0 saturated carbocycles. The standard InChI is InChI=1S/C18H21N7S3.2BF4.Fe/c1(19-13-16-22-4-10-26-16)7-25(8-2-20-14-17-23-5-11-27-17)9-3-21-15-18-24-6-12-28-18;2*2-1(3,4)5;/h4-6,10-15H,1-3,7-9H2;;;/q;2*-1;+2. The molecule has 216 valence electrons. The molecule has 0 aliphatic heterocycles. The van der Waals surface area contributed by atoms with Gasteiger partial charge in [0, 0.05) is 54.4 Å². The number of hydrogen-bond donors (Lipinski definition) is 0. The van der Waals surface area contributed by atoms with E-state index in [1.54, 1.807) is 52.6 Å². The summed E-state index contributed by atoms with van der Waals surface area (Å²) in [7, 11) is -12.0. The first kappa shape index (κ1) is 36.9. The Morgan fingerprint density at radius 2 is 0.846 bits per heavy atom. The molecule has 3 aromatic rings. The van der Waals surface area contributed by atoms with E-state index in [1.807, 2.05) is 34.8 Å². The Hall–Kier alpha value is -2.05. The van der Waals surface area contributed by atoms with Crippen molar-refractivity contribution in [3.05, 3.63) is 49.8 Å². The van der Waals surface area contributed by atoms with E-state index in [0.717, 1.165) is 54.3 Å². The normalized spacial score (nSPS) is 11.9. The fourth-order valence-electron chi connectivity index (χ4n) is 2.26. The maximum Gasteiger partial charge on any atom is 2.00 e. The Morgan fingerprint density at radius 1 is 0.590 bits per heavy atom. The Balaban J connectivity index is 0.00000113. The Bertz CT molecular complexity index is 913. The van der Waals surface area contributed by atoms with E-state index in [2.05, 4.69) is 34.8 Å². The Kier molecular flexibility index (Phi) is 19.7. The van der Waals surface area contributed by atoms with Crippen LogP contribution >= 0.6 is 34.0 Å². The van der Waals surface area contributed by atoms with Gasteiger partial charge in [-0.2, -0.15) is 0 Å². The Labute approximate surface area is 241 Å². The number of hydrogen-bond acceptors (Lipinski definition) is 10. The molecule has 3 heterocycles. The van der Waals surface area contributed by atoms with Gasteiger partial charge in [-0.1, -0.05) is 0 Å². The van der Waals surface area contributed by atoms with E-state index in [0.29, 0.717) is 0 Å². The summed E-state index contributed by atoms with van der Waals surface area (Å²) in [6, 6.07) is 0. The molecule has 7 nitrogen and oxygen atoms in total. The molecule has 3 rings (SSSR count). The zero-order valence-corrected chi connectivity index (χ0v) is 23.4. The van der Waals surface area contributed by atoms with Crippen LogP contribution < -0.4 is 0 Å². The minimum absolute atomic E-state index is 0. The van der Waals surface area contributed by atoms with Crippen molar-refractivity contribution < 1.29 is 51.6 Å². The van der Waals surface area contributed by atoms with E-state index in [9.17, 15) is 34.5 Å². The van der Waals surface area contributed by atoms with Crippen LogP contribution in [0.15, 0.2) is 49.7 Å². The molecule has 3 aromatic heterocycles. The minimum atomic E-state index is -6.00. The largest absolute Gasteiger partial charge is 2.00 e. The van der Waals surface area contributed by atoms with Crippen LogP contribution in [-0.2, 0) is 17.1 Å². The molecule has 0 aliphatic rings. The summed E-state index contributed by atoms with van der Waals surface area (Å²) < 4.78 is 78.0. The number of rotatable bonds is 12. The molecule has 0 amide bonds. The second-order valence-corrected chi connectivity index (χ2v) is 9.33. The third-order valence-corrected chi connectivity index (χ3v) is 5.73. The van der Waals surface area contributed by atoms with E-state index in [4.69, 9.17) is 0 Å².